The molecule has 110 valence electrons. The quantitative estimate of drug-likeness (QED) is 0.861. The molecule has 0 radical (unpaired) electrons. The smallest absolute Gasteiger partial charge is 0.327 e. The molecule has 0 saturated carbocycles. The predicted octanol–water partition coefficient (Wildman–Crippen LogP) is 0.829. The molecule has 1 unspecified atom stereocenters. The van der Waals surface area contributed by atoms with Crippen molar-refractivity contribution in [2.45, 2.75) is 32.4 Å². The van der Waals surface area contributed by atoms with E-state index >= 15 is 0 Å². The average Bonchev–Trinajstić information content (AvgIpc) is 2.76. The third kappa shape index (κ3) is 2.76. The first-order chi connectivity index (χ1) is 8.93. The van der Waals surface area contributed by atoms with Crippen molar-refractivity contribution in [1.82, 2.24) is 4.98 Å². The summed E-state index contributed by atoms with van der Waals surface area (Å²) in [5, 5.41) is 9.26. The molecular weight excluding hydrogens is 282 g/mol. The lowest BCUT2D eigenvalue weighted by Gasteiger charge is -2.26. The number of amides is 1. The number of rotatable bonds is 3. The molecule has 2 heterocycles. The van der Waals surface area contributed by atoms with Crippen molar-refractivity contribution in [3.05, 3.63) is 23.9 Å². The van der Waals surface area contributed by atoms with Crippen LogP contribution in [0.4, 0.5) is 5.82 Å². The number of aromatic nitrogens is 1. The van der Waals surface area contributed by atoms with Gasteiger partial charge < -0.3 is 10.8 Å². The average molecular weight is 300 g/mol. The number of pyridine rings is 1. The lowest BCUT2D eigenvalue weighted by atomic mass is 10.0. The first kappa shape index (κ1) is 16.4. The maximum atomic E-state index is 12.4. The summed E-state index contributed by atoms with van der Waals surface area (Å²) in [6, 6.07) is 1.87. The maximum Gasteiger partial charge on any atom is 0.327 e. The van der Waals surface area contributed by atoms with Gasteiger partial charge in [-0.1, -0.05) is 19.9 Å². The van der Waals surface area contributed by atoms with Gasteiger partial charge >= 0.3 is 5.97 Å². The van der Waals surface area contributed by atoms with Crippen LogP contribution in [0, 0.1) is 5.92 Å². The fourth-order valence-electron chi connectivity index (χ4n) is 2.16. The van der Waals surface area contributed by atoms with Crippen molar-refractivity contribution in [2.24, 2.45) is 11.7 Å². The van der Waals surface area contributed by atoms with Crippen molar-refractivity contribution >= 4 is 30.1 Å². The highest BCUT2D eigenvalue weighted by Gasteiger charge is 2.41. The Morgan fingerprint density at radius 1 is 1.50 bits per heavy atom. The zero-order chi connectivity index (χ0) is 14.2. The highest BCUT2D eigenvalue weighted by atomic mass is 35.5. The van der Waals surface area contributed by atoms with Crippen molar-refractivity contribution in [2.75, 3.05) is 4.90 Å². The number of aliphatic carboxylic acids is 1. The molecule has 0 aromatic carbocycles. The van der Waals surface area contributed by atoms with Crippen LogP contribution in [-0.2, 0) is 16.0 Å². The van der Waals surface area contributed by atoms with Gasteiger partial charge in [0.1, 0.15) is 11.9 Å². The number of nitrogens with two attached hydrogens (primary N) is 1. The van der Waals surface area contributed by atoms with Crippen LogP contribution in [0.25, 0.3) is 0 Å². The van der Waals surface area contributed by atoms with E-state index in [0.717, 1.165) is 5.56 Å². The molecule has 7 heteroatoms. The minimum atomic E-state index is -1.04. The molecule has 1 aromatic rings. The van der Waals surface area contributed by atoms with Crippen LogP contribution in [-0.4, -0.2) is 34.1 Å². The molecule has 0 bridgehead atoms. The Morgan fingerprint density at radius 3 is 2.70 bits per heavy atom. The highest BCUT2D eigenvalue weighted by Crippen LogP contribution is 2.30. The lowest BCUT2D eigenvalue weighted by Crippen LogP contribution is -2.52. The molecular formula is C13H18ClN3O3. The Morgan fingerprint density at radius 2 is 2.15 bits per heavy atom. The van der Waals surface area contributed by atoms with E-state index in [1.807, 2.05) is 13.8 Å². The van der Waals surface area contributed by atoms with Gasteiger partial charge in [-0.05, 0) is 17.5 Å². The van der Waals surface area contributed by atoms with E-state index in [2.05, 4.69) is 4.98 Å². The molecule has 2 atom stereocenters. The van der Waals surface area contributed by atoms with Crippen molar-refractivity contribution in [1.29, 1.82) is 0 Å². The van der Waals surface area contributed by atoms with Crippen molar-refractivity contribution < 1.29 is 14.7 Å². The molecule has 1 amide bonds. The molecule has 1 aromatic heterocycles. The SMILES string of the molecule is CC(C)[C@H](N)C(=O)N1c2ncccc2CC1C(=O)O.Cl. The normalized spacial score (nSPS) is 18.4. The minimum absolute atomic E-state index is 0. The van der Waals surface area contributed by atoms with E-state index in [9.17, 15) is 14.7 Å². The molecule has 0 saturated heterocycles. The van der Waals surface area contributed by atoms with Crippen LogP contribution >= 0.6 is 12.4 Å². The first-order valence-corrected chi connectivity index (χ1v) is 6.18. The molecule has 0 aliphatic carbocycles. The van der Waals surface area contributed by atoms with Gasteiger partial charge in [-0.3, -0.25) is 9.69 Å². The Labute approximate surface area is 123 Å². The van der Waals surface area contributed by atoms with Gasteiger partial charge in [0, 0.05) is 12.6 Å². The van der Waals surface area contributed by atoms with E-state index < -0.39 is 18.1 Å². The number of carboxylic acids is 1. The van der Waals surface area contributed by atoms with Crippen LogP contribution in [0.5, 0.6) is 0 Å². The number of carbonyl (C=O) groups is 2. The predicted molar refractivity (Wildman–Crippen MR) is 76.9 cm³/mol. The molecule has 1 aliphatic rings. The van der Waals surface area contributed by atoms with Crippen LogP contribution in [0.3, 0.4) is 0 Å². The number of carboxylic acid groups (broad SMARTS) is 1. The zero-order valence-electron chi connectivity index (χ0n) is 11.3. The van der Waals surface area contributed by atoms with Gasteiger partial charge in [-0.15, -0.1) is 12.4 Å². The summed E-state index contributed by atoms with van der Waals surface area (Å²) in [7, 11) is 0. The van der Waals surface area contributed by atoms with Crippen molar-refractivity contribution in [3.8, 4) is 0 Å². The molecule has 20 heavy (non-hydrogen) atoms. The molecule has 6 nitrogen and oxygen atoms in total. The van der Waals surface area contributed by atoms with Gasteiger partial charge in [-0.25, -0.2) is 9.78 Å². The second-order valence-corrected chi connectivity index (χ2v) is 5.02. The van der Waals surface area contributed by atoms with E-state index in [1.165, 1.54) is 4.90 Å². The number of carbonyl (C=O) groups excluding carboxylic acids is 1. The van der Waals surface area contributed by atoms with E-state index in [0.29, 0.717) is 5.82 Å². The number of fused-ring (bicyclic) bond motifs is 1. The standard InChI is InChI=1S/C13H17N3O3.ClH/c1-7(2)10(14)12(17)16-9(13(18)19)6-8-4-3-5-15-11(8)16;/h3-5,7,9-10H,6,14H2,1-2H3,(H,18,19);1H/t9?,10-;/m0./s1. The minimum Gasteiger partial charge on any atom is -0.480 e. The summed E-state index contributed by atoms with van der Waals surface area (Å²) < 4.78 is 0. The highest BCUT2D eigenvalue weighted by molar-refractivity contribution is 6.03. The van der Waals surface area contributed by atoms with E-state index in [-0.39, 0.29) is 30.7 Å². The van der Waals surface area contributed by atoms with E-state index in [1.54, 1.807) is 18.3 Å². The van der Waals surface area contributed by atoms with Crippen LogP contribution in [0.2, 0.25) is 0 Å². The molecule has 3 N–H and O–H groups in total. The van der Waals surface area contributed by atoms with Crippen LogP contribution in [0.15, 0.2) is 18.3 Å². The number of hydrogen-bond donors (Lipinski definition) is 2. The number of nitrogens with zero attached hydrogens (tertiary/aromatic N) is 2. The monoisotopic (exact) mass is 299 g/mol. The molecule has 1 aliphatic heterocycles. The van der Waals surface area contributed by atoms with Crippen molar-refractivity contribution in [3.63, 3.8) is 0 Å². The van der Waals surface area contributed by atoms with Crippen LogP contribution < -0.4 is 10.6 Å². The molecule has 0 spiro atoms. The second-order valence-electron chi connectivity index (χ2n) is 5.02. The maximum absolute atomic E-state index is 12.4. The second kappa shape index (κ2) is 6.19. The Hall–Kier alpha value is -1.66. The molecule has 0 fully saturated rings. The summed E-state index contributed by atoms with van der Waals surface area (Å²) >= 11 is 0. The fourth-order valence-corrected chi connectivity index (χ4v) is 2.16. The van der Waals surface area contributed by atoms with Gasteiger partial charge in [0.2, 0.25) is 5.91 Å². The third-order valence-corrected chi connectivity index (χ3v) is 3.35. The Balaban J connectivity index is 0.00000200. The van der Waals surface area contributed by atoms with Gasteiger partial charge in [-0.2, -0.15) is 0 Å². The fraction of sp³-hybridized carbons (Fsp3) is 0.462. The third-order valence-electron chi connectivity index (χ3n) is 3.35. The summed E-state index contributed by atoms with van der Waals surface area (Å²) in [6.07, 6.45) is 1.82. The van der Waals surface area contributed by atoms with Gasteiger partial charge in [0.25, 0.3) is 0 Å². The summed E-state index contributed by atoms with van der Waals surface area (Å²) in [6.45, 7) is 3.65. The lowest BCUT2D eigenvalue weighted by molar-refractivity contribution is -0.140. The summed E-state index contributed by atoms with van der Waals surface area (Å²) in [4.78, 5) is 29.0. The Kier molecular flexibility index (Phi) is 5.08. The van der Waals surface area contributed by atoms with Crippen LogP contribution in [0.1, 0.15) is 19.4 Å². The number of halogens is 1. The van der Waals surface area contributed by atoms with Gasteiger partial charge in [0.05, 0.1) is 6.04 Å². The van der Waals surface area contributed by atoms with E-state index in [4.69, 9.17) is 5.73 Å². The number of anilines is 1. The largest absolute Gasteiger partial charge is 0.480 e. The summed E-state index contributed by atoms with van der Waals surface area (Å²) in [5.74, 6) is -1.08. The topological polar surface area (TPSA) is 96.5 Å². The van der Waals surface area contributed by atoms with Gasteiger partial charge in [0.15, 0.2) is 0 Å². The number of hydrogen-bond acceptors (Lipinski definition) is 4. The Bertz CT molecular complexity index is 521. The summed E-state index contributed by atoms with van der Waals surface area (Å²) in [5.41, 5.74) is 6.61. The first-order valence-electron chi connectivity index (χ1n) is 6.18. The molecule has 2 rings (SSSR count). The zero-order valence-corrected chi connectivity index (χ0v) is 12.1.